The molecule has 2 unspecified atom stereocenters. The van der Waals surface area contributed by atoms with Crippen LogP contribution in [-0.4, -0.2) is 71.8 Å². The highest BCUT2D eigenvalue weighted by Gasteiger charge is 2.45. The van der Waals surface area contributed by atoms with Crippen molar-refractivity contribution in [3.63, 3.8) is 0 Å². The summed E-state index contributed by atoms with van der Waals surface area (Å²) in [6.45, 7) is 3.08. The third-order valence-corrected chi connectivity index (χ3v) is 5.66. The smallest absolute Gasteiger partial charge is 0.262 e. The van der Waals surface area contributed by atoms with Crippen LogP contribution in [0.15, 0.2) is 18.2 Å². The molecule has 3 aliphatic heterocycles. The first-order valence-electron chi connectivity index (χ1n) is 9.87. The highest BCUT2D eigenvalue weighted by atomic mass is 16.5. The molecule has 0 aliphatic carbocycles. The zero-order chi connectivity index (χ0) is 20.5. The Morgan fingerprint density at radius 1 is 1.17 bits per heavy atom. The number of nitrogens with one attached hydrogen (secondary N) is 1. The number of nitrogens with two attached hydrogens (primary N) is 1. The molecule has 29 heavy (non-hydrogen) atoms. The van der Waals surface area contributed by atoms with Gasteiger partial charge in [-0.15, -0.1) is 0 Å². The summed E-state index contributed by atoms with van der Waals surface area (Å²) < 4.78 is 5.71. The number of carbonyl (C=O) groups excluding carboxylic acids is 4. The molecule has 2 atom stereocenters. The van der Waals surface area contributed by atoms with Gasteiger partial charge in [0.1, 0.15) is 6.04 Å². The molecule has 0 spiro atoms. The van der Waals surface area contributed by atoms with Crippen molar-refractivity contribution in [3.05, 3.63) is 34.9 Å². The van der Waals surface area contributed by atoms with Gasteiger partial charge in [-0.05, 0) is 31.0 Å². The lowest BCUT2D eigenvalue weighted by Gasteiger charge is -2.33. The van der Waals surface area contributed by atoms with Crippen LogP contribution in [0.4, 0.5) is 0 Å². The normalized spacial score (nSPS) is 25.3. The minimum Gasteiger partial charge on any atom is -0.376 e. The first kappa shape index (κ1) is 19.7. The standard InChI is InChI=1S/C20H24N4O5/c21-7-6-13-11-23(8-9-29-13)10-12-2-1-3-14-17(12)20(28)24(19(14)27)15-4-5-16(25)22-18(15)26/h1-3,13,15H,4-11,21H2,(H,22,25,26). The summed E-state index contributed by atoms with van der Waals surface area (Å²) in [4.78, 5) is 52.9. The van der Waals surface area contributed by atoms with Crippen LogP contribution >= 0.6 is 0 Å². The number of carbonyl (C=O) groups is 4. The molecule has 9 heteroatoms. The summed E-state index contributed by atoms with van der Waals surface area (Å²) in [7, 11) is 0. The van der Waals surface area contributed by atoms with Crippen molar-refractivity contribution in [1.82, 2.24) is 15.1 Å². The number of imide groups is 2. The van der Waals surface area contributed by atoms with E-state index < -0.39 is 23.8 Å². The summed E-state index contributed by atoms with van der Waals surface area (Å²) in [6, 6.07) is 4.25. The van der Waals surface area contributed by atoms with Crippen molar-refractivity contribution in [3.8, 4) is 0 Å². The lowest BCUT2D eigenvalue weighted by molar-refractivity contribution is -0.136. The average Bonchev–Trinajstić information content (AvgIpc) is 2.94. The first-order chi connectivity index (χ1) is 14.0. The van der Waals surface area contributed by atoms with E-state index >= 15 is 0 Å². The lowest BCUT2D eigenvalue weighted by Crippen LogP contribution is -2.54. The molecule has 3 aliphatic rings. The molecule has 0 saturated carbocycles. The zero-order valence-corrected chi connectivity index (χ0v) is 16.1. The summed E-state index contributed by atoms with van der Waals surface area (Å²) in [6.07, 6.45) is 1.08. The Bertz CT molecular complexity index is 868. The predicted octanol–water partition coefficient (Wildman–Crippen LogP) is -0.363. The first-order valence-corrected chi connectivity index (χ1v) is 9.87. The third kappa shape index (κ3) is 3.68. The van der Waals surface area contributed by atoms with E-state index in [1.165, 1.54) is 0 Å². The number of hydrogen-bond donors (Lipinski definition) is 2. The van der Waals surface area contributed by atoms with Gasteiger partial charge >= 0.3 is 0 Å². The van der Waals surface area contributed by atoms with E-state index in [9.17, 15) is 19.2 Å². The van der Waals surface area contributed by atoms with Crippen molar-refractivity contribution in [2.45, 2.75) is 38.0 Å². The van der Waals surface area contributed by atoms with Crippen LogP contribution in [0.1, 0.15) is 45.5 Å². The van der Waals surface area contributed by atoms with Gasteiger partial charge in [0.05, 0.1) is 23.8 Å². The Kier molecular flexibility index (Phi) is 5.44. The summed E-state index contributed by atoms with van der Waals surface area (Å²) >= 11 is 0. The fraction of sp³-hybridized carbons (Fsp3) is 0.500. The molecule has 2 saturated heterocycles. The summed E-state index contributed by atoms with van der Waals surface area (Å²) in [5, 5.41) is 2.21. The van der Waals surface area contributed by atoms with Crippen molar-refractivity contribution in [2.24, 2.45) is 5.73 Å². The fourth-order valence-corrected chi connectivity index (χ4v) is 4.24. The Morgan fingerprint density at radius 2 is 2.00 bits per heavy atom. The number of benzene rings is 1. The van der Waals surface area contributed by atoms with Gasteiger partial charge < -0.3 is 10.5 Å². The molecule has 0 radical (unpaired) electrons. The van der Waals surface area contributed by atoms with Gasteiger partial charge in [0.2, 0.25) is 11.8 Å². The summed E-state index contributed by atoms with van der Waals surface area (Å²) in [5.41, 5.74) is 7.04. The van der Waals surface area contributed by atoms with E-state index in [0.717, 1.165) is 23.4 Å². The number of nitrogens with zero attached hydrogens (tertiary/aromatic N) is 2. The maximum Gasteiger partial charge on any atom is 0.262 e. The van der Waals surface area contributed by atoms with E-state index in [4.69, 9.17) is 10.5 Å². The molecular weight excluding hydrogens is 376 g/mol. The number of ether oxygens (including phenoxy) is 1. The molecule has 3 N–H and O–H groups in total. The van der Waals surface area contributed by atoms with E-state index in [2.05, 4.69) is 10.2 Å². The Morgan fingerprint density at radius 3 is 2.76 bits per heavy atom. The van der Waals surface area contributed by atoms with Crippen molar-refractivity contribution in [2.75, 3.05) is 26.2 Å². The van der Waals surface area contributed by atoms with Gasteiger partial charge in [0.25, 0.3) is 11.8 Å². The molecule has 3 heterocycles. The molecular formula is C20H24N4O5. The maximum atomic E-state index is 13.1. The maximum absolute atomic E-state index is 13.1. The minimum atomic E-state index is -0.953. The second-order valence-corrected chi connectivity index (χ2v) is 7.59. The van der Waals surface area contributed by atoms with Crippen LogP contribution in [0.5, 0.6) is 0 Å². The molecule has 2 fully saturated rings. The zero-order valence-electron chi connectivity index (χ0n) is 16.1. The fourth-order valence-electron chi connectivity index (χ4n) is 4.24. The van der Waals surface area contributed by atoms with Crippen LogP contribution in [-0.2, 0) is 20.9 Å². The number of amides is 4. The molecule has 1 aromatic carbocycles. The molecule has 0 bridgehead atoms. The van der Waals surface area contributed by atoms with Crippen LogP contribution < -0.4 is 11.1 Å². The molecule has 4 rings (SSSR count). The number of hydrogen-bond acceptors (Lipinski definition) is 7. The monoisotopic (exact) mass is 400 g/mol. The van der Waals surface area contributed by atoms with Gasteiger partial charge in [-0.3, -0.25) is 34.3 Å². The van der Waals surface area contributed by atoms with Crippen LogP contribution in [0, 0.1) is 0 Å². The predicted molar refractivity (Wildman–Crippen MR) is 102 cm³/mol. The molecule has 1 aromatic rings. The van der Waals surface area contributed by atoms with Gasteiger partial charge in [-0.25, -0.2) is 0 Å². The second kappa shape index (κ2) is 8.02. The minimum absolute atomic E-state index is 0.0582. The highest BCUT2D eigenvalue weighted by Crippen LogP contribution is 2.30. The molecule has 4 amide bonds. The van der Waals surface area contributed by atoms with Gasteiger partial charge in [-0.2, -0.15) is 0 Å². The number of rotatable bonds is 5. The van der Waals surface area contributed by atoms with E-state index in [-0.39, 0.29) is 24.9 Å². The largest absolute Gasteiger partial charge is 0.376 e. The Labute approximate surface area is 168 Å². The van der Waals surface area contributed by atoms with Crippen LogP contribution in [0.25, 0.3) is 0 Å². The SMILES string of the molecule is NCCC1CN(Cc2cccc3c2C(=O)N(C2CCC(=O)NC2=O)C3=O)CCO1. The van der Waals surface area contributed by atoms with Crippen molar-refractivity contribution < 1.29 is 23.9 Å². The topological polar surface area (TPSA) is 122 Å². The Hall–Kier alpha value is -2.62. The Balaban J connectivity index is 1.56. The molecule has 154 valence electrons. The number of piperidine rings is 1. The van der Waals surface area contributed by atoms with Gasteiger partial charge in [-0.1, -0.05) is 12.1 Å². The molecule has 0 aromatic heterocycles. The van der Waals surface area contributed by atoms with Crippen LogP contribution in [0.2, 0.25) is 0 Å². The van der Waals surface area contributed by atoms with Crippen molar-refractivity contribution in [1.29, 1.82) is 0 Å². The van der Waals surface area contributed by atoms with E-state index in [0.29, 0.717) is 37.4 Å². The lowest BCUT2D eigenvalue weighted by atomic mass is 10.0. The second-order valence-electron chi connectivity index (χ2n) is 7.59. The number of fused-ring (bicyclic) bond motifs is 1. The summed E-state index contributed by atoms with van der Waals surface area (Å²) in [5.74, 6) is -1.94. The third-order valence-electron chi connectivity index (χ3n) is 5.66. The van der Waals surface area contributed by atoms with Gasteiger partial charge in [0, 0.05) is 26.1 Å². The molecule has 9 nitrogen and oxygen atoms in total. The van der Waals surface area contributed by atoms with Crippen molar-refractivity contribution >= 4 is 23.6 Å². The van der Waals surface area contributed by atoms with Gasteiger partial charge in [0.15, 0.2) is 0 Å². The van der Waals surface area contributed by atoms with E-state index in [1.807, 2.05) is 6.07 Å². The quantitative estimate of drug-likeness (QED) is 0.647. The highest BCUT2D eigenvalue weighted by molar-refractivity contribution is 6.24. The van der Waals surface area contributed by atoms with E-state index in [1.54, 1.807) is 12.1 Å². The van der Waals surface area contributed by atoms with Crippen LogP contribution in [0.3, 0.4) is 0 Å². The average molecular weight is 400 g/mol. The number of morpholine rings is 1.